The van der Waals surface area contributed by atoms with Crippen LogP contribution in [0.5, 0.6) is 0 Å². The van der Waals surface area contributed by atoms with Crippen molar-refractivity contribution in [3.05, 3.63) is 47.5 Å². The highest BCUT2D eigenvalue weighted by atomic mass is 16.7. The molecule has 0 aliphatic carbocycles. The van der Waals surface area contributed by atoms with E-state index >= 15 is 0 Å². The van der Waals surface area contributed by atoms with Gasteiger partial charge in [0.05, 0.1) is 6.61 Å². The van der Waals surface area contributed by atoms with Gasteiger partial charge in [0.15, 0.2) is 12.6 Å². The number of fused-ring (bicyclic) bond motifs is 1. The summed E-state index contributed by atoms with van der Waals surface area (Å²) in [6, 6.07) is 9.62. The minimum Gasteiger partial charge on any atom is -0.352 e. The van der Waals surface area contributed by atoms with Crippen LogP contribution in [0, 0.1) is 0 Å². The van der Waals surface area contributed by atoms with E-state index < -0.39 is 18.7 Å². The molecule has 0 bridgehead atoms. The van der Waals surface area contributed by atoms with Crippen LogP contribution in [0.15, 0.2) is 42.0 Å². The maximum absolute atomic E-state index is 11.2. The number of aldehydes is 1. The molecule has 2 heterocycles. The molecule has 1 saturated heterocycles. The van der Waals surface area contributed by atoms with Crippen LogP contribution in [0.4, 0.5) is 0 Å². The lowest BCUT2D eigenvalue weighted by Crippen LogP contribution is -2.48. The second kappa shape index (κ2) is 5.85. The summed E-state index contributed by atoms with van der Waals surface area (Å²) in [6.45, 7) is 0.356. The fourth-order valence-corrected chi connectivity index (χ4v) is 2.41. The van der Waals surface area contributed by atoms with Crippen molar-refractivity contribution < 1.29 is 23.7 Å². The summed E-state index contributed by atoms with van der Waals surface area (Å²) in [5, 5.41) is 0. The van der Waals surface area contributed by atoms with Crippen LogP contribution in [-0.4, -0.2) is 38.5 Å². The predicted octanol–water partition coefficient (Wildman–Crippen LogP) is 1.60. The van der Waals surface area contributed by atoms with Crippen LogP contribution >= 0.6 is 0 Å². The molecule has 5 heteroatoms. The number of carbonyl (C=O) groups excluding carboxylic acids is 1. The summed E-state index contributed by atoms with van der Waals surface area (Å²) in [5.74, 6) is 0. The van der Waals surface area contributed by atoms with Gasteiger partial charge in [-0.15, -0.1) is 0 Å². The Morgan fingerprint density at radius 3 is 2.75 bits per heavy atom. The van der Waals surface area contributed by atoms with Gasteiger partial charge in [0.2, 0.25) is 0 Å². The number of hydrogen-bond acceptors (Lipinski definition) is 5. The number of benzene rings is 1. The zero-order valence-corrected chi connectivity index (χ0v) is 11.1. The van der Waals surface area contributed by atoms with Crippen molar-refractivity contribution in [2.75, 3.05) is 13.7 Å². The third-order valence-electron chi connectivity index (χ3n) is 3.43. The Labute approximate surface area is 117 Å². The fraction of sp³-hybridized carbons (Fsp3) is 0.400. The van der Waals surface area contributed by atoms with E-state index in [2.05, 4.69) is 0 Å². The fourth-order valence-electron chi connectivity index (χ4n) is 2.41. The third kappa shape index (κ3) is 2.53. The van der Waals surface area contributed by atoms with E-state index in [9.17, 15) is 4.79 Å². The molecule has 0 aromatic heterocycles. The van der Waals surface area contributed by atoms with Crippen molar-refractivity contribution in [1.82, 2.24) is 0 Å². The molecule has 2 aliphatic rings. The van der Waals surface area contributed by atoms with E-state index in [0.29, 0.717) is 12.2 Å². The Hall–Kier alpha value is -1.53. The first-order chi connectivity index (χ1) is 9.81. The Bertz CT molecular complexity index is 498. The van der Waals surface area contributed by atoms with E-state index in [1.807, 2.05) is 30.3 Å². The van der Waals surface area contributed by atoms with Crippen molar-refractivity contribution in [2.45, 2.75) is 24.8 Å². The second-order valence-corrected chi connectivity index (χ2v) is 4.70. The molecule has 5 nitrogen and oxygen atoms in total. The topological polar surface area (TPSA) is 54.0 Å². The van der Waals surface area contributed by atoms with Gasteiger partial charge in [-0.25, -0.2) is 0 Å². The Balaban J connectivity index is 1.81. The summed E-state index contributed by atoms with van der Waals surface area (Å²) in [5.41, 5.74) is 1.46. The van der Waals surface area contributed by atoms with Gasteiger partial charge in [0.1, 0.15) is 18.5 Å². The van der Waals surface area contributed by atoms with Crippen molar-refractivity contribution in [3.63, 3.8) is 0 Å². The molecule has 106 valence electrons. The number of carbonyl (C=O) groups is 1. The minimum absolute atomic E-state index is 0.329. The Kier molecular flexibility index (Phi) is 3.93. The van der Waals surface area contributed by atoms with Gasteiger partial charge in [-0.2, -0.15) is 0 Å². The van der Waals surface area contributed by atoms with Gasteiger partial charge >= 0.3 is 0 Å². The molecule has 0 saturated carbocycles. The molecule has 0 unspecified atom stereocenters. The molecule has 4 atom stereocenters. The third-order valence-corrected chi connectivity index (χ3v) is 3.43. The van der Waals surface area contributed by atoms with Crippen LogP contribution < -0.4 is 0 Å². The van der Waals surface area contributed by atoms with Crippen molar-refractivity contribution >= 4 is 6.29 Å². The molecule has 1 aromatic rings. The van der Waals surface area contributed by atoms with Crippen molar-refractivity contribution in [2.24, 2.45) is 0 Å². The van der Waals surface area contributed by atoms with Gasteiger partial charge in [0.25, 0.3) is 0 Å². The standard InChI is InChI=1S/C15H16O5/c1-17-13-7-11(8-16)14-12(19-13)9-18-15(20-14)10-5-3-2-4-6-10/h2-8,12-15H,9H2,1H3/t12-,13+,14+,15-/m1/s1. The molecule has 1 aromatic carbocycles. The summed E-state index contributed by atoms with van der Waals surface area (Å²) in [6.07, 6.45) is 0.671. The lowest BCUT2D eigenvalue weighted by molar-refractivity contribution is -0.283. The largest absolute Gasteiger partial charge is 0.352 e. The van der Waals surface area contributed by atoms with Crippen LogP contribution in [0.25, 0.3) is 0 Å². The molecule has 20 heavy (non-hydrogen) atoms. The van der Waals surface area contributed by atoms with Gasteiger partial charge in [-0.05, 0) is 6.08 Å². The normalized spacial score (nSPS) is 33.1. The molecule has 0 radical (unpaired) electrons. The monoisotopic (exact) mass is 276 g/mol. The smallest absolute Gasteiger partial charge is 0.184 e. The average molecular weight is 276 g/mol. The van der Waals surface area contributed by atoms with E-state index in [1.165, 1.54) is 7.11 Å². The highest BCUT2D eigenvalue weighted by Crippen LogP contribution is 2.33. The summed E-state index contributed by atoms with van der Waals surface area (Å²) >= 11 is 0. The maximum atomic E-state index is 11.2. The highest BCUT2D eigenvalue weighted by molar-refractivity contribution is 5.75. The number of ether oxygens (including phenoxy) is 4. The predicted molar refractivity (Wildman–Crippen MR) is 69.8 cm³/mol. The summed E-state index contributed by atoms with van der Waals surface area (Å²) < 4.78 is 22.3. The van der Waals surface area contributed by atoms with E-state index in [4.69, 9.17) is 18.9 Å². The average Bonchev–Trinajstić information content (AvgIpc) is 2.54. The van der Waals surface area contributed by atoms with Crippen LogP contribution in [-0.2, 0) is 23.7 Å². The lowest BCUT2D eigenvalue weighted by atomic mass is 10.0. The zero-order valence-electron chi connectivity index (χ0n) is 11.1. The van der Waals surface area contributed by atoms with Gasteiger partial charge in [0, 0.05) is 18.2 Å². The molecule has 3 rings (SSSR count). The Morgan fingerprint density at radius 2 is 2.05 bits per heavy atom. The number of methoxy groups -OCH3 is 1. The molecule has 0 spiro atoms. The van der Waals surface area contributed by atoms with Gasteiger partial charge in [-0.1, -0.05) is 30.3 Å². The number of hydrogen-bond donors (Lipinski definition) is 0. The highest BCUT2D eigenvalue weighted by Gasteiger charge is 2.40. The van der Waals surface area contributed by atoms with Gasteiger partial charge < -0.3 is 18.9 Å². The SMILES string of the molecule is CO[C@@H]1C=C(C=O)[C@@H]2O[C@H](c3ccccc3)OC[C@H]2O1. The molecule has 0 N–H and O–H groups in total. The molecule has 1 fully saturated rings. The molecule has 2 aliphatic heterocycles. The zero-order chi connectivity index (χ0) is 13.9. The molecular weight excluding hydrogens is 260 g/mol. The maximum Gasteiger partial charge on any atom is 0.184 e. The Morgan fingerprint density at radius 1 is 1.25 bits per heavy atom. The second-order valence-electron chi connectivity index (χ2n) is 4.70. The van der Waals surface area contributed by atoms with Crippen molar-refractivity contribution in [1.29, 1.82) is 0 Å². The van der Waals surface area contributed by atoms with Crippen LogP contribution in [0.1, 0.15) is 11.9 Å². The van der Waals surface area contributed by atoms with E-state index in [1.54, 1.807) is 6.08 Å². The summed E-state index contributed by atoms with van der Waals surface area (Å²) in [4.78, 5) is 11.2. The molecule has 0 amide bonds. The minimum atomic E-state index is -0.531. The first-order valence-corrected chi connectivity index (χ1v) is 6.49. The quantitative estimate of drug-likeness (QED) is 0.785. The lowest BCUT2D eigenvalue weighted by Gasteiger charge is -2.40. The van der Waals surface area contributed by atoms with Crippen LogP contribution in [0.3, 0.4) is 0 Å². The van der Waals surface area contributed by atoms with E-state index in [-0.39, 0.29) is 6.10 Å². The molecular formula is C15H16O5. The summed E-state index contributed by atoms with van der Waals surface area (Å²) in [7, 11) is 1.53. The van der Waals surface area contributed by atoms with Crippen molar-refractivity contribution in [3.8, 4) is 0 Å². The first kappa shape index (κ1) is 13.5. The van der Waals surface area contributed by atoms with E-state index in [0.717, 1.165) is 11.8 Å². The first-order valence-electron chi connectivity index (χ1n) is 6.49. The van der Waals surface area contributed by atoms with Crippen LogP contribution in [0.2, 0.25) is 0 Å². The number of rotatable bonds is 3. The van der Waals surface area contributed by atoms with Gasteiger partial charge in [-0.3, -0.25) is 4.79 Å².